The highest BCUT2D eigenvalue weighted by Gasteiger charge is 2.44. The zero-order chi connectivity index (χ0) is 22.4. The fourth-order valence-electron chi connectivity index (χ4n) is 4.38. The van der Waals surface area contributed by atoms with Crippen molar-refractivity contribution in [2.75, 3.05) is 0 Å². The van der Waals surface area contributed by atoms with Crippen LogP contribution < -0.4 is 0 Å². The van der Waals surface area contributed by atoms with Crippen LogP contribution in [0, 0.1) is 35.0 Å². The van der Waals surface area contributed by atoms with E-state index in [0.717, 1.165) is 6.42 Å². The van der Waals surface area contributed by atoms with E-state index >= 15 is 0 Å². The van der Waals surface area contributed by atoms with Gasteiger partial charge in [-0.3, -0.25) is 4.79 Å². The van der Waals surface area contributed by atoms with Crippen LogP contribution in [0.1, 0.15) is 58.4 Å². The Morgan fingerprint density at radius 2 is 1.37 bits per heavy atom. The van der Waals surface area contributed by atoms with Crippen LogP contribution >= 0.6 is 0 Å². The summed E-state index contributed by atoms with van der Waals surface area (Å²) in [5, 5.41) is 0. The third-order valence-electron chi connectivity index (χ3n) is 5.69. The molecule has 1 aromatic carbocycles. The third kappa shape index (κ3) is 4.30. The van der Waals surface area contributed by atoms with Gasteiger partial charge in [0.1, 0.15) is 11.4 Å². The van der Waals surface area contributed by atoms with Gasteiger partial charge >= 0.3 is 6.09 Å². The highest BCUT2D eigenvalue weighted by atomic mass is 19.2. The molecule has 2 saturated heterocycles. The molecule has 0 radical (unpaired) electrons. The first-order valence-corrected chi connectivity index (χ1v) is 9.95. The Kier molecular flexibility index (Phi) is 6.11. The lowest BCUT2D eigenvalue weighted by Gasteiger charge is -2.48. The quantitative estimate of drug-likeness (QED) is 0.380. The number of Topliss-reactive ketones (excluding diaryl/α,β-unsaturated/α-hetero) is 1. The zero-order valence-electron chi connectivity index (χ0n) is 17.0. The predicted octanol–water partition coefficient (Wildman–Crippen LogP) is 5.06. The Balaban J connectivity index is 1.77. The topological polar surface area (TPSA) is 46.6 Å². The van der Waals surface area contributed by atoms with Gasteiger partial charge in [-0.05, 0) is 52.9 Å². The SMILES string of the molecule is CC(C)(C)OC(=O)N1C2CCCC1CC(C(=O)Cc1c(F)c(F)c(F)c(F)c1F)C2. The molecule has 1 aromatic rings. The average molecular weight is 433 g/mol. The van der Waals surface area contributed by atoms with Crippen molar-refractivity contribution < 1.29 is 36.3 Å². The number of carbonyl (C=O) groups excluding carboxylic acids is 2. The van der Waals surface area contributed by atoms with Gasteiger partial charge in [0.25, 0.3) is 0 Å². The predicted molar refractivity (Wildman–Crippen MR) is 97.2 cm³/mol. The molecule has 2 aliphatic heterocycles. The summed E-state index contributed by atoms with van der Waals surface area (Å²) in [5.41, 5.74) is -1.79. The molecule has 2 bridgehead atoms. The first kappa shape index (κ1) is 22.5. The highest BCUT2D eigenvalue weighted by Crippen LogP contribution is 2.39. The van der Waals surface area contributed by atoms with Crippen LogP contribution in [-0.4, -0.2) is 34.5 Å². The molecule has 0 N–H and O–H groups in total. The van der Waals surface area contributed by atoms with Gasteiger partial charge in [0.15, 0.2) is 23.3 Å². The van der Waals surface area contributed by atoms with Crippen molar-refractivity contribution in [2.24, 2.45) is 5.92 Å². The normalized spacial score (nSPS) is 24.0. The van der Waals surface area contributed by atoms with Crippen molar-refractivity contribution in [1.82, 2.24) is 4.90 Å². The van der Waals surface area contributed by atoms with E-state index in [4.69, 9.17) is 4.74 Å². The molecule has 166 valence electrons. The molecule has 0 saturated carbocycles. The van der Waals surface area contributed by atoms with Crippen LogP contribution in [0.15, 0.2) is 0 Å². The van der Waals surface area contributed by atoms with Gasteiger partial charge in [-0.1, -0.05) is 0 Å². The lowest BCUT2D eigenvalue weighted by atomic mass is 9.76. The summed E-state index contributed by atoms with van der Waals surface area (Å²) in [7, 11) is 0. The average Bonchev–Trinajstić information content (AvgIpc) is 2.65. The maximum Gasteiger partial charge on any atom is 0.410 e. The van der Waals surface area contributed by atoms with Gasteiger partial charge in [-0.15, -0.1) is 0 Å². The maximum atomic E-state index is 13.9. The molecule has 30 heavy (non-hydrogen) atoms. The molecule has 2 aliphatic rings. The minimum atomic E-state index is -2.25. The van der Waals surface area contributed by atoms with Gasteiger partial charge in [0.2, 0.25) is 5.82 Å². The van der Waals surface area contributed by atoms with E-state index in [9.17, 15) is 31.5 Å². The highest BCUT2D eigenvalue weighted by molar-refractivity contribution is 5.84. The maximum absolute atomic E-state index is 13.9. The summed E-state index contributed by atoms with van der Waals surface area (Å²) in [4.78, 5) is 26.9. The van der Waals surface area contributed by atoms with Crippen molar-refractivity contribution >= 4 is 11.9 Å². The zero-order valence-corrected chi connectivity index (χ0v) is 17.0. The molecule has 2 fully saturated rings. The number of halogens is 5. The van der Waals surface area contributed by atoms with Crippen molar-refractivity contribution in [3.63, 3.8) is 0 Å². The van der Waals surface area contributed by atoms with Gasteiger partial charge in [-0.2, -0.15) is 0 Å². The van der Waals surface area contributed by atoms with E-state index in [1.807, 2.05) is 0 Å². The fourth-order valence-corrected chi connectivity index (χ4v) is 4.38. The second kappa shape index (κ2) is 8.15. The van der Waals surface area contributed by atoms with Crippen LogP contribution in [-0.2, 0) is 16.0 Å². The molecule has 2 atom stereocenters. The van der Waals surface area contributed by atoms with Crippen molar-refractivity contribution in [3.8, 4) is 0 Å². The van der Waals surface area contributed by atoms with Crippen molar-refractivity contribution in [1.29, 1.82) is 0 Å². The molecule has 2 heterocycles. The number of nitrogens with zero attached hydrogens (tertiary/aromatic N) is 1. The standard InChI is InChI=1S/C21H24F5NO3/c1-21(2,3)30-20(29)27-11-5-4-6-12(27)8-10(7-11)14(28)9-13-15(22)17(24)19(26)18(25)16(13)23/h10-12H,4-9H2,1-3H3. The van der Waals surface area contributed by atoms with E-state index in [0.29, 0.717) is 12.8 Å². The van der Waals surface area contributed by atoms with Crippen LogP contribution in [0.3, 0.4) is 0 Å². The first-order valence-electron chi connectivity index (χ1n) is 9.95. The molecule has 9 heteroatoms. The molecular weight excluding hydrogens is 409 g/mol. The summed E-state index contributed by atoms with van der Waals surface area (Å²) in [6.07, 6.45) is 1.36. The molecule has 3 rings (SSSR count). The molecule has 0 aliphatic carbocycles. The second-order valence-electron chi connectivity index (χ2n) is 8.99. The minimum Gasteiger partial charge on any atom is -0.444 e. The number of piperidine rings is 2. The number of fused-ring (bicyclic) bond motifs is 2. The Morgan fingerprint density at radius 3 is 1.83 bits per heavy atom. The number of carbonyl (C=O) groups is 2. The number of ketones is 1. The van der Waals surface area contributed by atoms with Gasteiger partial charge < -0.3 is 9.64 Å². The largest absolute Gasteiger partial charge is 0.444 e. The summed E-state index contributed by atoms with van der Waals surface area (Å²) >= 11 is 0. The van der Waals surface area contributed by atoms with Crippen LogP contribution in [0.2, 0.25) is 0 Å². The van der Waals surface area contributed by atoms with Gasteiger partial charge in [-0.25, -0.2) is 26.7 Å². The summed E-state index contributed by atoms with van der Waals surface area (Å²) < 4.78 is 73.4. The van der Waals surface area contributed by atoms with Crippen LogP contribution in [0.25, 0.3) is 0 Å². The molecule has 0 aromatic heterocycles. The number of ether oxygens (including phenoxy) is 1. The Morgan fingerprint density at radius 1 is 0.900 bits per heavy atom. The van der Waals surface area contributed by atoms with Crippen molar-refractivity contribution in [2.45, 2.75) is 77.0 Å². The molecule has 4 nitrogen and oxygen atoms in total. The smallest absolute Gasteiger partial charge is 0.410 e. The summed E-state index contributed by atoms with van der Waals surface area (Å²) in [6, 6.07) is -0.532. The Hall–Kier alpha value is -2.19. The second-order valence-corrected chi connectivity index (χ2v) is 8.99. The minimum absolute atomic E-state index is 0.266. The van der Waals surface area contributed by atoms with E-state index in [-0.39, 0.29) is 24.9 Å². The first-order chi connectivity index (χ1) is 13.9. The summed E-state index contributed by atoms with van der Waals surface area (Å²) in [6.45, 7) is 5.25. The number of amides is 1. The number of hydrogen-bond donors (Lipinski definition) is 0. The third-order valence-corrected chi connectivity index (χ3v) is 5.69. The lowest BCUT2D eigenvalue weighted by molar-refractivity contribution is -0.126. The molecule has 1 amide bonds. The molecular formula is C21H24F5NO3. The fraction of sp³-hybridized carbons (Fsp3) is 0.619. The van der Waals surface area contributed by atoms with E-state index in [1.54, 1.807) is 25.7 Å². The van der Waals surface area contributed by atoms with E-state index in [2.05, 4.69) is 0 Å². The van der Waals surface area contributed by atoms with Gasteiger partial charge in [0.05, 0.1) is 0 Å². The summed E-state index contributed by atoms with van der Waals surface area (Å²) in [5.74, 6) is -11.6. The van der Waals surface area contributed by atoms with Crippen LogP contribution in [0.5, 0.6) is 0 Å². The monoisotopic (exact) mass is 433 g/mol. The van der Waals surface area contributed by atoms with E-state index < -0.39 is 64.5 Å². The Bertz CT molecular complexity index is 824. The number of rotatable bonds is 3. The number of benzene rings is 1. The van der Waals surface area contributed by atoms with Crippen LogP contribution in [0.4, 0.5) is 26.7 Å². The molecule has 2 unspecified atom stereocenters. The van der Waals surface area contributed by atoms with E-state index in [1.165, 1.54) is 0 Å². The van der Waals surface area contributed by atoms with Gasteiger partial charge in [0, 0.05) is 30.0 Å². The number of hydrogen-bond acceptors (Lipinski definition) is 3. The lowest BCUT2D eigenvalue weighted by Crippen LogP contribution is -2.56. The Labute approximate surface area is 171 Å². The van der Waals surface area contributed by atoms with Crippen molar-refractivity contribution in [3.05, 3.63) is 34.6 Å². The molecule has 0 spiro atoms.